The fraction of sp³-hybridized carbons (Fsp3) is 0.500. The SMILES string of the molecule is CCC(C)C(O)CNCc1c(C)nn(-c2ccc(F)cc2)c1C. The van der Waals surface area contributed by atoms with Crippen LogP contribution in [0.1, 0.15) is 37.2 Å². The summed E-state index contributed by atoms with van der Waals surface area (Å²) in [6.45, 7) is 9.33. The molecule has 1 heterocycles. The molecule has 126 valence electrons. The molecule has 0 saturated carbocycles. The van der Waals surface area contributed by atoms with Crippen LogP contribution in [0.2, 0.25) is 0 Å². The van der Waals surface area contributed by atoms with Gasteiger partial charge in [-0.25, -0.2) is 9.07 Å². The van der Waals surface area contributed by atoms with Crippen molar-refractivity contribution in [2.45, 2.75) is 46.8 Å². The lowest BCUT2D eigenvalue weighted by Gasteiger charge is -2.17. The second-order valence-corrected chi connectivity index (χ2v) is 6.12. The van der Waals surface area contributed by atoms with Gasteiger partial charge in [-0.1, -0.05) is 20.3 Å². The molecule has 0 fully saturated rings. The van der Waals surface area contributed by atoms with Gasteiger partial charge in [-0.05, 0) is 44.0 Å². The number of aryl methyl sites for hydroxylation is 1. The Morgan fingerprint density at radius 3 is 2.52 bits per heavy atom. The highest BCUT2D eigenvalue weighted by molar-refractivity contribution is 5.37. The molecule has 0 aliphatic rings. The zero-order chi connectivity index (χ0) is 17.0. The van der Waals surface area contributed by atoms with Crippen molar-refractivity contribution in [3.8, 4) is 5.69 Å². The van der Waals surface area contributed by atoms with Crippen LogP contribution in [0.4, 0.5) is 4.39 Å². The van der Waals surface area contributed by atoms with E-state index >= 15 is 0 Å². The Labute approximate surface area is 137 Å². The molecule has 2 unspecified atom stereocenters. The van der Waals surface area contributed by atoms with Gasteiger partial charge in [0, 0.05) is 24.3 Å². The molecule has 0 aliphatic heterocycles. The summed E-state index contributed by atoms with van der Waals surface area (Å²) < 4.78 is 14.9. The monoisotopic (exact) mass is 319 g/mol. The summed E-state index contributed by atoms with van der Waals surface area (Å²) >= 11 is 0. The molecule has 0 saturated heterocycles. The van der Waals surface area contributed by atoms with E-state index in [4.69, 9.17) is 0 Å². The molecule has 2 atom stereocenters. The van der Waals surface area contributed by atoms with E-state index in [1.54, 1.807) is 12.1 Å². The van der Waals surface area contributed by atoms with Crippen LogP contribution in [-0.4, -0.2) is 27.5 Å². The van der Waals surface area contributed by atoms with Crippen molar-refractivity contribution in [1.29, 1.82) is 0 Å². The lowest BCUT2D eigenvalue weighted by atomic mass is 10.0. The Morgan fingerprint density at radius 1 is 1.26 bits per heavy atom. The molecule has 4 nitrogen and oxygen atoms in total. The minimum atomic E-state index is -0.340. The van der Waals surface area contributed by atoms with Gasteiger partial charge in [-0.15, -0.1) is 0 Å². The average Bonchev–Trinajstić information content (AvgIpc) is 2.82. The van der Waals surface area contributed by atoms with Crippen LogP contribution in [-0.2, 0) is 6.54 Å². The molecule has 0 spiro atoms. The molecule has 0 radical (unpaired) electrons. The summed E-state index contributed by atoms with van der Waals surface area (Å²) in [7, 11) is 0. The molecule has 2 aromatic rings. The Bertz CT molecular complexity index is 636. The average molecular weight is 319 g/mol. The quantitative estimate of drug-likeness (QED) is 0.824. The van der Waals surface area contributed by atoms with Gasteiger partial charge >= 0.3 is 0 Å². The molecule has 2 N–H and O–H groups in total. The molecule has 2 rings (SSSR count). The molecule has 5 heteroatoms. The van der Waals surface area contributed by atoms with Crippen LogP contribution in [0.5, 0.6) is 0 Å². The van der Waals surface area contributed by atoms with Crippen molar-refractivity contribution in [2.75, 3.05) is 6.54 Å². The second kappa shape index (κ2) is 7.70. The normalized spacial score (nSPS) is 14.0. The fourth-order valence-electron chi connectivity index (χ4n) is 2.58. The van der Waals surface area contributed by atoms with Crippen LogP contribution >= 0.6 is 0 Å². The standard InChI is InChI=1S/C18H26FN3O/c1-5-12(2)18(23)11-20-10-17-13(3)21-22(14(17)4)16-8-6-15(19)7-9-16/h6-9,12,18,20,23H,5,10-11H2,1-4H3. The number of aliphatic hydroxyl groups excluding tert-OH is 1. The summed E-state index contributed by atoms with van der Waals surface area (Å²) in [4.78, 5) is 0. The van der Waals surface area contributed by atoms with Crippen LogP contribution in [0.25, 0.3) is 5.69 Å². The molecule has 0 aliphatic carbocycles. The van der Waals surface area contributed by atoms with Gasteiger partial charge < -0.3 is 10.4 Å². The second-order valence-electron chi connectivity index (χ2n) is 6.12. The summed E-state index contributed by atoms with van der Waals surface area (Å²) in [5.74, 6) is 0.0304. The topological polar surface area (TPSA) is 50.1 Å². The van der Waals surface area contributed by atoms with Gasteiger partial charge in [0.1, 0.15) is 5.82 Å². The third kappa shape index (κ3) is 4.18. The van der Waals surface area contributed by atoms with Crippen LogP contribution < -0.4 is 5.32 Å². The number of benzene rings is 1. The van der Waals surface area contributed by atoms with Crippen molar-refractivity contribution < 1.29 is 9.50 Å². The lowest BCUT2D eigenvalue weighted by Crippen LogP contribution is -2.31. The Balaban J connectivity index is 2.07. The first-order chi connectivity index (χ1) is 10.9. The maximum absolute atomic E-state index is 13.1. The van der Waals surface area contributed by atoms with Crippen LogP contribution in [0.15, 0.2) is 24.3 Å². The highest BCUT2D eigenvalue weighted by atomic mass is 19.1. The number of halogens is 1. The van der Waals surface area contributed by atoms with Crippen molar-refractivity contribution in [2.24, 2.45) is 5.92 Å². The van der Waals surface area contributed by atoms with Gasteiger partial charge in [0.15, 0.2) is 0 Å². The van der Waals surface area contributed by atoms with Gasteiger partial charge in [0.05, 0.1) is 17.5 Å². The predicted octanol–water partition coefficient (Wildman–Crippen LogP) is 3.12. The maximum atomic E-state index is 13.1. The summed E-state index contributed by atoms with van der Waals surface area (Å²) in [5, 5.41) is 17.9. The Hall–Kier alpha value is -1.72. The van der Waals surface area contributed by atoms with E-state index in [1.807, 2.05) is 18.5 Å². The molecule has 23 heavy (non-hydrogen) atoms. The van der Waals surface area contributed by atoms with Gasteiger partial charge in [-0.3, -0.25) is 0 Å². The minimum absolute atomic E-state index is 0.254. The van der Waals surface area contributed by atoms with E-state index < -0.39 is 0 Å². The Kier molecular flexibility index (Phi) is 5.91. The molecular formula is C18H26FN3O. The van der Waals surface area contributed by atoms with E-state index in [9.17, 15) is 9.50 Å². The van der Waals surface area contributed by atoms with Crippen molar-refractivity contribution in [3.05, 3.63) is 47.0 Å². The number of aromatic nitrogens is 2. The predicted molar refractivity (Wildman–Crippen MR) is 90.2 cm³/mol. The Morgan fingerprint density at radius 2 is 1.91 bits per heavy atom. The molecule has 1 aromatic heterocycles. The molecular weight excluding hydrogens is 293 g/mol. The van der Waals surface area contributed by atoms with E-state index in [0.717, 1.165) is 29.1 Å². The van der Waals surface area contributed by atoms with Gasteiger partial charge in [0.25, 0.3) is 0 Å². The third-order valence-electron chi connectivity index (χ3n) is 4.47. The first-order valence-electron chi connectivity index (χ1n) is 8.13. The zero-order valence-electron chi connectivity index (χ0n) is 14.3. The number of nitrogens with one attached hydrogen (secondary N) is 1. The molecule has 1 aromatic carbocycles. The van der Waals surface area contributed by atoms with E-state index in [0.29, 0.717) is 13.1 Å². The van der Waals surface area contributed by atoms with Crippen molar-refractivity contribution in [1.82, 2.24) is 15.1 Å². The first kappa shape index (κ1) is 17.6. The summed E-state index contributed by atoms with van der Waals surface area (Å²) in [5.41, 5.74) is 3.93. The maximum Gasteiger partial charge on any atom is 0.123 e. The number of hydrogen-bond donors (Lipinski definition) is 2. The van der Waals surface area contributed by atoms with Crippen LogP contribution in [0, 0.1) is 25.6 Å². The zero-order valence-corrected chi connectivity index (χ0v) is 14.3. The fourth-order valence-corrected chi connectivity index (χ4v) is 2.58. The number of aliphatic hydroxyl groups is 1. The molecule has 0 amide bonds. The smallest absolute Gasteiger partial charge is 0.123 e. The van der Waals surface area contributed by atoms with Crippen LogP contribution in [0.3, 0.4) is 0 Å². The summed E-state index contributed by atoms with van der Waals surface area (Å²) in [6.07, 6.45) is 0.622. The highest BCUT2D eigenvalue weighted by Crippen LogP contribution is 2.18. The van der Waals surface area contributed by atoms with Gasteiger partial charge in [-0.2, -0.15) is 5.10 Å². The summed E-state index contributed by atoms with van der Waals surface area (Å²) in [6, 6.07) is 6.32. The number of nitrogens with zero attached hydrogens (tertiary/aromatic N) is 2. The number of hydrogen-bond acceptors (Lipinski definition) is 3. The molecule has 0 bridgehead atoms. The van der Waals surface area contributed by atoms with E-state index in [2.05, 4.69) is 24.3 Å². The minimum Gasteiger partial charge on any atom is -0.392 e. The van der Waals surface area contributed by atoms with Crippen molar-refractivity contribution in [3.63, 3.8) is 0 Å². The third-order valence-corrected chi connectivity index (χ3v) is 4.47. The first-order valence-corrected chi connectivity index (χ1v) is 8.13. The van der Waals surface area contributed by atoms with E-state index in [1.165, 1.54) is 12.1 Å². The lowest BCUT2D eigenvalue weighted by molar-refractivity contribution is 0.112. The number of rotatable bonds is 7. The van der Waals surface area contributed by atoms with E-state index in [-0.39, 0.29) is 17.8 Å². The highest BCUT2D eigenvalue weighted by Gasteiger charge is 2.15. The van der Waals surface area contributed by atoms with Crippen molar-refractivity contribution >= 4 is 0 Å². The van der Waals surface area contributed by atoms with Gasteiger partial charge in [0.2, 0.25) is 0 Å². The largest absolute Gasteiger partial charge is 0.392 e.